The zero-order valence-corrected chi connectivity index (χ0v) is 9.94. The van der Waals surface area contributed by atoms with Crippen molar-refractivity contribution in [1.29, 1.82) is 0 Å². The van der Waals surface area contributed by atoms with Crippen LogP contribution in [0.25, 0.3) is 0 Å². The summed E-state index contributed by atoms with van der Waals surface area (Å²) in [6, 6.07) is 3.79. The summed E-state index contributed by atoms with van der Waals surface area (Å²) in [5.41, 5.74) is 0. The highest BCUT2D eigenvalue weighted by molar-refractivity contribution is 6.85. The minimum absolute atomic E-state index is 0.771. The Kier molecular flexibility index (Phi) is 5.30. The Hall–Kier alpha value is -0.243. The second-order valence-electron chi connectivity index (χ2n) is 3.20. The van der Waals surface area contributed by atoms with Gasteiger partial charge in [0.05, 0.1) is 12.0 Å². The van der Waals surface area contributed by atoms with E-state index in [2.05, 4.69) is 27.4 Å². The first-order valence-corrected chi connectivity index (χ1v) is 7.61. The Balaban J connectivity index is 4.36. The maximum absolute atomic E-state index is 5.55. The average Bonchev–Trinajstić information content (AvgIpc) is 2.09. The van der Waals surface area contributed by atoms with Crippen LogP contribution in [0.2, 0.25) is 18.1 Å². The molecule has 0 aromatic heterocycles. The lowest BCUT2D eigenvalue weighted by Gasteiger charge is -2.29. The van der Waals surface area contributed by atoms with Crippen molar-refractivity contribution >= 4 is 8.07 Å². The molecule has 0 atom stereocenters. The van der Waals surface area contributed by atoms with E-state index in [-0.39, 0.29) is 0 Å². The Morgan fingerprint density at radius 1 is 1.08 bits per heavy atom. The summed E-state index contributed by atoms with van der Waals surface area (Å²) in [5, 5.41) is 1.11. The van der Waals surface area contributed by atoms with Crippen molar-refractivity contribution in [2.24, 2.45) is 0 Å². The molecule has 0 amide bonds. The molecule has 0 heterocycles. The molecule has 2 heteroatoms. The van der Waals surface area contributed by atoms with Gasteiger partial charge >= 0.3 is 0 Å². The normalized spacial score (nSPS) is 11.3. The van der Waals surface area contributed by atoms with E-state index in [4.69, 9.17) is 4.74 Å². The second kappa shape index (κ2) is 5.41. The monoisotopic (exact) mass is 186 g/mol. The van der Waals surface area contributed by atoms with Crippen molar-refractivity contribution in [3.63, 3.8) is 0 Å². The molecule has 12 heavy (non-hydrogen) atoms. The molecule has 0 fully saturated rings. The van der Waals surface area contributed by atoms with Crippen molar-refractivity contribution in [2.45, 2.75) is 45.8 Å². The third-order valence-electron chi connectivity index (χ3n) is 2.94. The van der Waals surface area contributed by atoms with E-state index < -0.39 is 8.07 Å². The molecule has 0 saturated heterocycles. The molecule has 0 radical (unpaired) electrons. The Bertz CT molecular complexity index is 131. The maximum Gasteiger partial charge on any atom is 0.129 e. The van der Waals surface area contributed by atoms with Crippen LogP contribution in [0.5, 0.6) is 0 Å². The zero-order valence-electron chi connectivity index (χ0n) is 8.94. The van der Waals surface area contributed by atoms with Gasteiger partial charge in [-0.25, -0.2) is 0 Å². The first kappa shape index (κ1) is 11.8. The molecule has 0 bridgehead atoms. The smallest absolute Gasteiger partial charge is 0.129 e. The summed E-state index contributed by atoms with van der Waals surface area (Å²) in [5.74, 6) is 0. The van der Waals surface area contributed by atoms with Gasteiger partial charge in [-0.1, -0.05) is 45.5 Å². The molecular weight excluding hydrogens is 164 g/mol. The second-order valence-corrected chi connectivity index (χ2v) is 8.44. The van der Waals surface area contributed by atoms with Crippen LogP contribution in [0, 0.1) is 0 Å². The molecule has 0 spiro atoms. The van der Waals surface area contributed by atoms with Gasteiger partial charge < -0.3 is 4.74 Å². The molecule has 0 unspecified atom stereocenters. The van der Waals surface area contributed by atoms with Crippen molar-refractivity contribution in [3.8, 4) is 0 Å². The third kappa shape index (κ3) is 2.37. The summed E-state index contributed by atoms with van der Waals surface area (Å²) in [6.45, 7) is 13.7. The summed E-state index contributed by atoms with van der Waals surface area (Å²) < 4.78 is 5.55. The molecule has 0 aliphatic heterocycles. The number of hydrogen-bond acceptors (Lipinski definition) is 1. The van der Waals surface area contributed by atoms with Crippen molar-refractivity contribution in [3.05, 3.63) is 12.0 Å². The van der Waals surface area contributed by atoms with E-state index in [0.717, 1.165) is 12.0 Å². The molecule has 1 nitrogen and oxygen atoms in total. The van der Waals surface area contributed by atoms with E-state index >= 15 is 0 Å². The summed E-state index contributed by atoms with van der Waals surface area (Å²) in [4.78, 5) is 0. The SMILES string of the molecule is C=C(OCC)[Si](CC)(CC)CC. The maximum atomic E-state index is 5.55. The van der Waals surface area contributed by atoms with Crippen molar-refractivity contribution in [2.75, 3.05) is 6.61 Å². The number of hydrogen-bond donors (Lipinski definition) is 0. The van der Waals surface area contributed by atoms with E-state index in [9.17, 15) is 0 Å². The van der Waals surface area contributed by atoms with Gasteiger partial charge in [0.25, 0.3) is 0 Å². The highest BCUT2D eigenvalue weighted by Gasteiger charge is 2.31. The van der Waals surface area contributed by atoms with Crippen LogP contribution in [0.3, 0.4) is 0 Å². The van der Waals surface area contributed by atoms with E-state index in [0.29, 0.717) is 0 Å². The van der Waals surface area contributed by atoms with Crippen molar-refractivity contribution < 1.29 is 4.74 Å². The first-order valence-electron chi connectivity index (χ1n) is 4.99. The summed E-state index contributed by atoms with van der Waals surface area (Å²) >= 11 is 0. The highest BCUT2D eigenvalue weighted by atomic mass is 28.3. The van der Waals surface area contributed by atoms with Crippen LogP contribution >= 0.6 is 0 Å². The van der Waals surface area contributed by atoms with Gasteiger partial charge in [-0.15, -0.1) is 0 Å². The van der Waals surface area contributed by atoms with E-state index in [1.807, 2.05) is 6.92 Å². The van der Waals surface area contributed by atoms with Gasteiger partial charge in [0, 0.05) is 0 Å². The van der Waals surface area contributed by atoms with Crippen LogP contribution in [-0.4, -0.2) is 14.7 Å². The molecular formula is C10H22OSi. The molecule has 0 N–H and O–H groups in total. The minimum Gasteiger partial charge on any atom is -0.504 e. The standard InChI is InChI=1S/C10H22OSi/c1-6-11-10(5)12(7-2,8-3)9-4/h5-9H2,1-4H3. The van der Waals surface area contributed by atoms with Gasteiger partial charge in [0.15, 0.2) is 0 Å². The fourth-order valence-corrected chi connectivity index (χ4v) is 4.80. The molecule has 0 rings (SSSR count). The fourth-order valence-electron chi connectivity index (χ4n) is 1.67. The number of rotatable bonds is 6. The predicted molar refractivity (Wildman–Crippen MR) is 58.0 cm³/mol. The van der Waals surface area contributed by atoms with E-state index in [1.165, 1.54) is 18.1 Å². The topological polar surface area (TPSA) is 9.23 Å². The molecule has 0 aromatic carbocycles. The first-order chi connectivity index (χ1) is 5.66. The zero-order chi connectivity index (χ0) is 9.61. The lowest BCUT2D eigenvalue weighted by molar-refractivity contribution is 0.250. The van der Waals surface area contributed by atoms with Gasteiger partial charge in [0.2, 0.25) is 0 Å². The highest BCUT2D eigenvalue weighted by Crippen LogP contribution is 2.27. The van der Waals surface area contributed by atoms with Gasteiger partial charge in [-0.05, 0) is 6.92 Å². The lowest BCUT2D eigenvalue weighted by atomic mass is 10.9. The van der Waals surface area contributed by atoms with Gasteiger partial charge in [-0.3, -0.25) is 0 Å². The summed E-state index contributed by atoms with van der Waals surface area (Å²) in [6.07, 6.45) is 0. The largest absolute Gasteiger partial charge is 0.504 e. The molecule has 0 aliphatic carbocycles. The molecule has 72 valence electrons. The van der Waals surface area contributed by atoms with Crippen LogP contribution in [0.1, 0.15) is 27.7 Å². The fraction of sp³-hybridized carbons (Fsp3) is 0.800. The van der Waals surface area contributed by atoms with Crippen LogP contribution in [0.15, 0.2) is 12.0 Å². The predicted octanol–water partition coefficient (Wildman–Crippen LogP) is 3.58. The van der Waals surface area contributed by atoms with Crippen molar-refractivity contribution in [1.82, 2.24) is 0 Å². The number of ether oxygens (including phenoxy) is 1. The van der Waals surface area contributed by atoms with Crippen LogP contribution in [-0.2, 0) is 4.74 Å². The molecule has 0 saturated carbocycles. The van der Waals surface area contributed by atoms with Gasteiger partial charge in [0.1, 0.15) is 8.07 Å². The molecule has 0 aliphatic rings. The van der Waals surface area contributed by atoms with Gasteiger partial charge in [-0.2, -0.15) is 0 Å². The quantitative estimate of drug-likeness (QED) is 0.455. The average molecular weight is 186 g/mol. The Morgan fingerprint density at radius 2 is 1.50 bits per heavy atom. The van der Waals surface area contributed by atoms with Crippen LogP contribution in [0.4, 0.5) is 0 Å². The van der Waals surface area contributed by atoms with E-state index in [1.54, 1.807) is 0 Å². The summed E-state index contributed by atoms with van der Waals surface area (Å²) in [7, 11) is -1.26. The Labute approximate surface area is 77.8 Å². The third-order valence-corrected chi connectivity index (χ3v) is 8.33. The minimum atomic E-state index is -1.26. The molecule has 0 aromatic rings. The lowest BCUT2D eigenvalue weighted by Crippen LogP contribution is -2.35. The van der Waals surface area contributed by atoms with Crippen LogP contribution < -0.4 is 0 Å². The Morgan fingerprint density at radius 3 is 1.75 bits per heavy atom.